The van der Waals surface area contributed by atoms with E-state index in [0.29, 0.717) is 19.3 Å². The van der Waals surface area contributed by atoms with Crippen LogP contribution in [0.2, 0.25) is 0 Å². The Morgan fingerprint density at radius 2 is 0.542 bits per heavy atom. The van der Waals surface area contributed by atoms with Crippen LogP contribution < -0.4 is 0 Å². The molecule has 0 amide bonds. The molecule has 6 nitrogen and oxygen atoms in total. The van der Waals surface area contributed by atoms with Gasteiger partial charge in [0, 0.05) is 19.3 Å². The van der Waals surface area contributed by atoms with Crippen LogP contribution in [0.1, 0.15) is 258 Å². The number of hydrogen-bond acceptors (Lipinski definition) is 6. The van der Waals surface area contributed by atoms with Crippen molar-refractivity contribution in [3.05, 3.63) is 122 Å². The Hall–Kier alpha value is -4.19. The van der Waals surface area contributed by atoms with Crippen molar-refractivity contribution in [3.63, 3.8) is 0 Å². The van der Waals surface area contributed by atoms with Gasteiger partial charge in [0.05, 0.1) is 0 Å². The summed E-state index contributed by atoms with van der Waals surface area (Å²) in [7, 11) is 0. The largest absolute Gasteiger partial charge is 0.462 e. The number of carbonyl (C=O) groups is 3. The Kier molecular flexibility index (Phi) is 55.9. The van der Waals surface area contributed by atoms with Crippen molar-refractivity contribution < 1.29 is 28.6 Å². The first-order valence-corrected chi connectivity index (χ1v) is 29.5. The van der Waals surface area contributed by atoms with Gasteiger partial charge in [-0.1, -0.05) is 251 Å². The van der Waals surface area contributed by atoms with Crippen LogP contribution >= 0.6 is 0 Å². The van der Waals surface area contributed by atoms with E-state index in [-0.39, 0.29) is 31.1 Å². The molecule has 0 aromatic carbocycles. The molecule has 0 aliphatic heterocycles. The normalized spacial score (nSPS) is 13.0. The van der Waals surface area contributed by atoms with Crippen LogP contribution in [0.4, 0.5) is 0 Å². The fourth-order valence-electron chi connectivity index (χ4n) is 7.85. The van der Waals surface area contributed by atoms with Crippen molar-refractivity contribution in [2.75, 3.05) is 13.2 Å². The summed E-state index contributed by atoms with van der Waals surface area (Å²) in [5.41, 5.74) is 0. The van der Waals surface area contributed by atoms with Crippen LogP contribution in [0, 0.1) is 0 Å². The first kappa shape index (κ1) is 67.8. The molecule has 0 spiro atoms. The van der Waals surface area contributed by atoms with E-state index in [2.05, 4.69) is 142 Å². The van der Waals surface area contributed by atoms with E-state index in [0.717, 1.165) is 148 Å². The predicted molar refractivity (Wildman–Crippen MR) is 311 cm³/mol. The first-order chi connectivity index (χ1) is 35.5. The Morgan fingerprint density at radius 3 is 0.847 bits per heavy atom. The highest BCUT2D eigenvalue weighted by atomic mass is 16.6. The highest BCUT2D eigenvalue weighted by Crippen LogP contribution is 2.14. The zero-order valence-electron chi connectivity index (χ0n) is 46.7. The van der Waals surface area contributed by atoms with E-state index in [1.807, 2.05) is 0 Å². The second kappa shape index (κ2) is 59.4. The van der Waals surface area contributed by atoms with Gasteiger partial charge in [0.2, 0.25) is 0 Å². The molecule has 0 saturated carbocycles. The summed E-state index contributed by atoms with van der Waals surface area (Å²) in [5.74, 6) is -0.921. The Balaban J connectivity index is 4.36. The Bertz CT molecular complexity index is 1520. The van der Waals surface area contributed by atoms with Crippen molar-refractivity contribution >= 4 is 17.9 Å². The fraction of sp³-hybridized carbons (Fsp3) is 0.652. The molecule has 0 saturated heterocycles. The van der Waals surface area contributed by atoms with Crippen LogP contribution in [-0.4, -0.2) is 37.2 Å². The lowest BCUT2D eigenvalue weighted by Gasteiger charge is -2.18. The number of hydrogen-bond donors (Lipinski definition) is 0. The van der Waals surface area contributed by atoms with Crippen molar-refractivity contribution in [3.8, 4) is 0 Å². The summed E-state index contributed by atoms with van der Waals surface area (Å²) in [6.45, 7) is 6.38. The zero-order valence-corrected chi connectivity index (χ0v) is 46.7. The third-order valence-corrected chi connectivity index (χ3v) is 12.2. The van der Waals surface area contributed by atoms with Crippen molar-refractivity contribution in [1.29, 1.82) is 0 Å². The maximum absolute atomic E-state index is 12.9. The summed E-state index contributed by atoms with van der Waals surface area (Å²) < 4.78 is 16.8. The van der Waals surface area contributed by atoms with Crippen molar-refractivity contribution in [1.82, 2.24) is 0 Å². The predicted octanol–water partition coefficient (Wildman–Crippen LogP) is 20.0. The fourth-order valence-corrected chi connectivity index (χ4v) is 7.85. The van der Waals surface area contributed by atoms with E-state index >= 15 is 0 Å². The highest BCUT2D eigenvalue weighted by Gasteiger charge is 2.19. The Labute approximate surface area is 443 Å². The third kappa shape index (κ3) is 56.7. The number of esters is 3. The number of allylic oxidation sites excluding steroid dienone is 20. The van der Waals surface area contributed by atoms with E-state index in [4.69, 9.17) is 14.2 Å². The topological polar surface area (TPSA) is 78.9 Å². The quantitative estimate of drug-likeness (QED) is 0.0261. The van der Waals surface area contributed by atoms with Gasteiger partial charge in [0.15, 0.2) is 6.10 Å². The lowest BCUT2D eigenvalue weighted by Crippen LogP contribution is -2.30. The minimum Gasteiger partial charge on any atom is -0.462 e. The van der Waals surface area contributed by atoms with Gasteiger partial charge in [-0.3, -0.25) is 14.4 Å². The summed E-state index contributed by atoms with van der Waals surface area (Å²) in [5, 5.41) is 0. The van der Waals surface area contributed by atoms with Crippen molar-refractivity contribution in [2.45, 2.75) is 264 Å². The molecule has 0 N–H and O–H groups in total. The summed E-state index contributed by atoms with van der Waals surface area (Å²) in [6, 6.07) is 0. The number of carbonyl (C=O) groups excluding carboxylic acids is 3. The SMILES string of the molecule is CC/C=C\C/C=C\C/C=C\C/C=C\C/C=C\C/C=C\CCCCCCCCC(=O)OCC(COC(=O)CCCCCCCCCCCC)OC(=O)CCCCCCCC/C=C\C/C=C\C/C=C\C/C=C\CC. The molecule has 0 bridgehead atoms. The molecule has 0 aromatic heterocycles. The van der Waals surface area contributed by atoms with E-state index in [1.54, 1.807) is 0 Å². The standard InChI is InChI=1S/C66H108O6/c1-4-7-10-13-16-19-22-24-26-28-30-31-32-33-34-35-37-38-40-42-44-47-50-53-56-59-65(68)71-62-63(61-70-64(67)58-55-52-49-46-21-18-15-12-9-6-3)72-66(69)60-57-54-51-48-45-43-41-39-36-29-27-25-23-20-17-14-11-8-5-2/h7-8,10-11,16-17,19-20,24-27,30-31,33-34,36-39,63H,4-6,9,12-15,18,21-23,28-29,32,35,40-62H2,1-3H3/b10-7-,11-8-,19-16-,20-17-,26-24-,27-25-,31-30-,34-33-,38-37-,39-36-. The summed E-state index contributed by atoms with van der Waals surface area (Å²) in [4.78, 5) is 38.1. The molecule has 72 heavy (non-hydrogen) atoms. The highest BCUT2D eigenvalue weighted by molar-refractivity contribution is 5.71. The summed E-state index contributed by atoms with van der Waals surface area (Å²) >= 11 is 0. The molecule has 0 radical (unpaired) electrons. The molecule has 1 atom stereocenters. The molecular formula is C66H108O6. The molecule has 1 unspecified atom stereocenters. The smallest absolute Gasteiger partial charge is 0.306 e. The maximum Gasteiger partial charge on any atom is 0.306 e. The lowest BCUT2D eigenvalue weighted by molar-refractivity contribution is -0.167. The molecule has 6 heteroatoms. The van der Waals surface area contributed by atoms with Crippen LogP contribution in [0.3, 0.4) is 0 Å². The van der Waals surface area contributed by atoms with Crippen LogP contribution in [-0.2, 0) is 28.6 Å². The summed E-state index contributed by atoms with van der Waals surface area (Å²) in [6.07, 6.45) is 81.9. The van der Waals surface area contributed by atoms with Crippen LogP contribution in [0.15, 0.2) is 122 Å². The average Bonchev–Trinajstić information content (AvgIpc) is 3.38. The molecule has 0 rings (SSSR count). The maximum atomic E-state index is 12.9. The van der Waals surface area contributed by atoms with Gasteiger partial charge in [0.25, 0.3) is 0 Å². The van der Waals surface area contributed by atoms with Gasteiger partial charge in [0.1, 0.15) is 13.2 Å². The molecule has 408 valence electrons. The number of ether oxygens (including phenoxy) is 3. The van der Waals surface area contributed by atoms with E-state index in [1.165, 1.54) is 70.6 Å². The molecule has 0 aromatic rings. The minimum atomic E-state index is -0.794. The van der Waals surface area contributed by atoms with E-state index in [9.17, 15) is 14.4 Å². The molecule has 0 aliphatic carbocycles. The number of rotatable bonds is 52. The average molecular weight is 998 g/mol. The first-order valence-electron chi connectivity index (χ1n) is 29.5. The minimum absolute atomic E-state index is 0.0898. The zero-order chi connectivity index (χ0) is 52.2. The number of unbranched alkanes of at least 4 members (excludes halogenated alkanes) is 21. The van der Waals surface area contributed by atoms with Gasteiger partial charge >= 0.3 is 17.9 Å². The van der Waals surface area contributed by atoms with Gasteiger partial charge < -0.3 is 14.2 Å². The van der Waals surface area contributed by atoms with Gasteiger partial charge in [-0.25, -0.2) is 0 Å². The van der Waals surface area contributed by atoms with Gasteiger partial charge in [-0.2, -0.15) is 0 Å². The second-order valence-electron chi connectivity index (χ2n) is 19.1. The molecular weight excluding hydrogens is 889 g/mol. The Morgan fingerprint density at radius 1 is 0.292 bits per heavy atom. The van der Waals surface area contributed by atoms with E-state index < -0.39 is 6.10 Å². The molecule has 0 aliphatic rings. The monoisotopic (exact) mass is 997 g/mol. The second-order valence-corrected chi connectivity index (χ2v) is 19.1. The van der Waals surface area contributed by atoms with Gasteiger partial charge in [-0.05, 0) is 109 Å². The van der Waals surface area contributed by atoms with Crippen LogP contribution in [0.5, 0.6) is 0 Å². The van der Waals surface area contributed by atoms with Crippen molar-refractivity contribution in [2.24, 2.45) is 0 Å². The van der Waals surface area contributed by atoms with Gasteiger partial charge in [-0.15, -0.1) is 0 Å². The third-order valence-electron chi connectivity index (χ3n) is 12.2. The van der Waals surface area contributed by atoms with Crippen LogP contribution in [0.25, 0.3) is 0 Å². The molecule has 0 fully saturated rings. The lowest BCUT2D eigenvalue weighted by atomic mass is 10.1. The molecule has 0 heterocycles.